The highest BCUT2D eigenvalue weighted by atomic mass is 19.1. The Morgan fingerprint density at radius 1 is 1.31 bits per heavy atom. The highest BCUT2D eigenvalue weighted by molar-refractivity contribution is 5.28. The maximum Gasteiger partial charge on any atom is 0.126 e. The molecule has 0 saturated heterocycles. The van der Waals surface area contributed by atoms with E-state index in [1.54, 1.807) is 19.1 Å². The molecule has 0 fully saturated rings. The second-order valence-electron chi connectivity index (χ2n) is 3.86. The summed E-state index contributed by atoms with van der Waals surface area (Å²) in [6.07, 6.45) is 2.39. The molecule has 90 valence electrons. The Hall–Kier alpha value is -1.09. The van der Waals surface area contributed by atoms with E-state index in [1.807, 2.05) is 0 Å². The fourth-order valence-electron chi connectivity index (χ4n) is 1.37. The number of hydrogen-bond donors (Lipinski definition) is 1. The molecule has 0 heterocycles. The Labute approximate surface area is 96.8 Å². The average Bonchev–Trinajstić information content (AvgIpc) is 2.28. The third kappa shape index (κ3) is 4.62. The standard InChI is InChI=1S/C13H20FNO/c1-3-4-7-15-8-9-16-12-5-6-13(14)11(2)10-12/h5-6,10,15H,3-4,7-9H2,1-2H3. The van der Waals surface area contributed by atoms with Crippen LogP contribution in [0.25, 0.3) is 0 Å². The largest absolute Gasteiger partial charge is 0.492 e. The zero-order valence-electron chi connectivity index (χ0n) is 10.1. The van der Waals surface area contributed by atoms with Crippen molar-refractivity contribution in [3.8, 4) is 5.75 Å². The van der Waals surface area contributed by atoms with Crippen molar-refractivity contribution < 1.29 is 9.13 Å². The van der Waals surface area contributed by atoms with Gasteiger partial charge in [-0.15, -0.1) is 0 Å². The first-order valence-corrected chi connectivity index (χ1v) is 5.83. The van der Waals surface area contributed by atoms with Gasteiger partial charge in [-0.2, -0.15) is 0 Å². The number of nitrogens with one attached hydrogen (secondary N) is 1. The smallest absolute Gasteiger partial charge is 0.126 e. The van der Waals surface area contributed by atoms with Crippen LogP contribution in [0.3, 0.4) is 0 Å². The number of aryl methyl sites for hydroxylation is 1. The predicted molar refractivity (Wildman–Crippen MR) is 64.4 cm³/mol. The van der Waals surface area contributed by atoms with Crippen molar-refractivity contribution >= 4 is 0 Å². The van der Waals surface area contributed by atoms with Gasteiger partial charge in [-0.05, 0) is 43.7 Å². The monoisotopic (exact) mass is 225 g/mol. The summed E-state index contributed by atoms with van der Waals surface area (Å²) in [5, 5.41) is 3.28. The molecule has 0 aliphatic carbocycles. The number of rotatable bonds is 7. The summed E-state index contributed by atoms with van der Waals surface area (Å²) >= 11 is 0. The SMILES string of the molecule is CCCCNCCOc1ccc(F)c(C)c1. The van der Waals surface area contributed by atoms with Crippen LogP contribution in [0.2, 0.25) is 0 Å². The van der Waals surface area contributed by atoms with E-state index in [0.29, 0.717) is 12.2 Å². The van der Waals surface area contributed by atoms with E-state index in [0.717, 1.165) is 18.8 Å². The molecule has 0 spiro atoms. The van der Waals surface area contributed by atoms with Gasteiger partial charge < -0.3 is 10.1 Å². The van der Waals surface area contributed by atoms with Gasteiger partial charge in [0.1, 0.15) is 18.2 Å². The molecule has 0 aromatic heterocycles. The van der Waals surface area contributed by atoms with E-state index < -0.39 is 0 Å². The Morgan fingerprint density at radius 3 is 2.81 bits per heavy atom. The molecule has 1 aromatic rings. The summed E-state index contributed by atoms with van der Waals surface area (Å²) in [4.78, 5) is 0. The molecule has 0 atom stereocenters. The molecule has 0 unspecified atom stereocenters. The van der Waals surface area contributed by atoms with E-state index in [2.05, 4.69) is 12.2 Å². The van der Waals surface area contributed by atoms with Crippen molar-refractivity contribution in [1.29, 1.82) is 0 Å². The maximum absolute atomic E-state index is 13.0. The Bertz CT molecular complexity index is 315. The van der Waals surface area contributed by atoms with Gasteiger partial charge >= 0.3 is 0 Å². The van der Waals surface area contributed by atoms with Crippen LogP contribution in [-0.2, 0) is 0 Å². The molecule has 1 N–H and O–H groups in total. The first-order chi connectivity index (χ1) is 7.74. The van der Waals surface area contributed by atoms with Crippen molar-refractivity contribution in [3.63, 3.8) is 0 Å². The van der Waals surface area contributed by atoms with E-state index in [1.165, 1.54) is 18.9 Å². The fourth-order valence-corrected chi connectivity index (χ4v) is 1.37. The van der Waals surface area contributed by atoms with Gasteiger partial charge in [0.15, 0.2) is 0 Å². The zero-order valence-corrected chi connectivity index (χ0v) is 10.1. The lowest BCUT2D eigenvalue weighted by Gasteiger charge is -2.08. The van der Waals surface area contributed by atoms with E-state index >= 15 is 0 Å². The normalized spacial score (nSPS) is 10.4. The van der Waals surface area contributed by atoms with Crippen molar-refractivity contribution in [2.75, 3.05) is 19.7 Å². The molecule has 0 aliphatic rings. The van der Waals surface area contributed by atoms with Crippen molar-refractivity contribution in [2.24, 2.45) is 0 Å². The summed E-state index contributed by atoms with van der Waals surface area (Å²) in [6.45, 7) is 6.38. The van der Waals surface area contributed by atoms with Crippen LogP contribution in [0.5, 0.6) is 5.75 Å². The highest BCUT2D eigenvalue weighted by Gasteiger charge is 1.99. The van der Waals surface area contributed by atoms with E-state index in [9.17, 15) is 4.39 Å². The molecule has 0 saturated carbocycles. The molecule has 0 aliphatic heterocycles. The lowest BCUT2D eigenvalue weighted by atomic mass is 10.2. The van der Waals surface area contributed by atoms with Crippen LogP contribution >= 0.6 is 0 Å². The molecule has 1 aromatic carbocycles. The molecule has 16 heavy (non-hydrogen) atoms. The maximum atomic E-state index is 13.0. The number of hydrogen-bond acceptors (Lipinski definition) is 2. The summed E-state index contributed by atoms with van der Waals surface area (Å²) in [7, 11) is 0. The molecule has 0 radical (unpaired) electrons. The summed E-state index contributed by atoms with van der Waals surface area (Å²) < 4.78 is 18.5. The quantitative estimate of drug-likeness (QED) is 0.720. The summed E-state index contributed by atoms with van der Waals surface area (Å²) in [6, 6.07) is 4.82. The van der Waals surface area contributed by atoms with Crippen molar-refractivity contribution in [2.45, 2.75) is 26.7 Å². The third-order valence-corrected chi connectivity index (χ3v) is 2.38. The summed E-state index contributed by atoms with van der Waals surface area (Å²) in [5.41, 5.74) is 0.622. The van der Waals surface area contributed by atoms with Gasteiger partial charge in [-0.3, -0.25) is 0 Å². The molecular formula is C13H20FNO. The minimum absolute atomic E-state index is 0.187. The number of ether oxygens (including phenoxy) is 1. The van der Waals surface area contributed by atoms with Crippen LogP contribution in [-0.4, -0.2) is 19.7 Å². The highest BCUT2D eigenvalue weighted by Crippen LogP contribution is 2.15. The van der Waals surface area contributed by atoms with Crippen LogP contribution < -0.4 is 10.1 Å². The van der Waals surface area contributed by atoms with Gasteiger partial charge in [-0.25, -0.2) is 4.39 Å². The molecule has 1 rings (SSSR count). The Morgan fingerprint density at radius 2 is 2.12 bits per heavy atom. The number of benzene rings is 1. The minimum Gasteiger partial charge on any atom is -0.492 e. The van der Waals surface area contributed by atoms with Gasteiger partial charge in [-0.1, -0.05) is 13.3 Å². The van der Waals surface area contributed by atoms with E-state index in [-0.39, 0.29) is 5.82 Å². The topological polar surface area (TPSA) is 21.3 Å². The van der Waals surface area contributed by atoms with E-state index in [4.69, 9.17) is 4.74 Å². The molecule has 2 nitrogen and oxygen atoms in total. The lowest BCUT2D eigenvalue weighted by molar-refractivity contribution is 0.313. The summed E-state index contributed by atoms with van der Waals surface area (Å²) in [5.74, 6) is 0.546. The second kappa shape index (κ2) is 7.23. The first-order valence-electron chi connectivity index (χ1n) is 5.83. The van der Waals surface area contributed by atoms with Gasteiger partial charge in [0, 0.05) is 6.54 Å². The predicted octanol–water partition coefficient (Wildman–Crippen LogP) is 2.90. The Balaban J connectivity index is 2.19. The second-order valence-corrected chi connectivity index (χ2v) is 3.86. The minimum atomic E-state index is -0.187. The third-order valence-electron chi connectivity index (χ3n) is 2.38. The van der Waals surface area contributed by atoms with Gasteiger partial charge in [0.25, 0.3) is 0 Å². The molecule has 3 heteroatoms. The zero-order chi connectivity index (χ0) is 11.8. The van der Waals surface area contributed by atoms with Gasteiger partial charge in [0.2, 0.25) is 0 Å². The number of unbranched alkanes of at least 4 members (excludes halogenated alkanes) is 1. The van der Waals surface area contributed by atoms with Crippen molar-refractivity contribution in [3.05, 3.63) is 29.6 Å². The average molecular weight is 225 g/mol. The van der Waals surface area contributed by atoms with Crippen molar-refractivity contribution in [1.82, 2.24) is 5.32 Å². The van der Waals surface area contributed by atoms with Crippen LogP contribution in [0.15, 0.2) is 18.2 Å². The van der Waals surface area contributed by atoms with Crippen LogP contribution in [0, 0.1) is 12.7 Å². The molecule has 0 bridgehead atoms. The van der Waals surface area contributed by atoms with Crippen LogP contribution in [0.1, 0.15) is 25.3 Å². The molecular weight excluding hydrogens is 205 g/mol. The van der Waals surface area contributed by atoms with Gasteiger partial charge in [0.05, 0.1) is 0 Å². The fraction of sp³-hybridized carbons (Fsp3) is 0.538. The van der Waals surface area contributed by atoms with Crippen LogP contribution in [0.4, 0.5) is 4.39 Å². The first kappa shape index (κ1) is 13.0. The Kier molecular flexibility index (Phi) is 5.86. The lowest BCUT2D eigenvalue weighted by Crippen LogP contribution is -2.21. The molecule has 0 amide bonds. The number of halogens is 1.